The van der Waals surface area contributed by atoms with Gasteiger partial charge in [-0.05, 0) is 18.8 Å². The average molecular weight is 200 g/mol. The van der Waals surface area contributed by atoms with Gasteiger partial charge in [-0.15, -0.1) is 0 Å². The average Bonchev–Trinajstić information content (AvgIpc) is 2.18. The van der Waals surface area contributed by atoms with Crippen LogP contribution in [0.4, 0.5) is 0 Å². The topological polar surface area (TPSA) is 55.6 Å². The lowest BCUT2D eigenvalue weighted by Gasteiger charge is -2.30. The second-order valence-electron chi connectivity index (χ2n) is 3.93. The highest BCUT2D eigenvalue weighted by atomic mass is 16.5. The van der Waals surface area contributed by atoms with E-state index in [1.165, 1.54) is 6.42 Å². The van der Waals surface area contributed by atoms with E-state index in [0.717, 1.165) is 19.5 Å². The Labute approximate surface area is 85.4 Å². The van der Waals surface area contributed by atoms with Crippen molar-refractivity contribution in [3.8, 4) is 0 Å². The van der Waals surface area contributed by atoms with Gasteiger partial charge in [-0.3, -0.25) is 4.79 Å². The molecule has 0 aliphatic carbocycles. The molecule has 0 aromatic heterocycles. The van der Waals surface area contributed by atoms with Gasteiger partial charge in [0.05, 0.1) is 6.61 Å². The maximum Gasteiger partial charge on any atom is 0.248 e. The molecule has 1 unspecified atom stereocenters. The Bertz CT molecular complexity index is 185. The lowest BCUT2D eigenvalue weighted by atomic mass is 10.0. The van der Waals surface area contributed by atoms with E-state index in [1.807, 2.05) is 4.90 Å². The molecule has 0 spiro atoms. The van der Waals surface area contributed by atoms with Crippen molar-refractivity contribution in [1.82, 2.24) is 4.90 Å². The Morgan fingerprint density at radius 2 is 2.43 bits per heavy atom. The third-order valence-electron chi connectivity index (χ3n) is 2.50. The summed E-state index contributed by atoms with van der Waals surface area (Å²) in [6.45, 7) is 5.07. The lowest BCUT2D eigenvalue weighted by molar-refractivity contribution is -0.137. The number of carbonyl (C=O) groups excluding carboxylic acids is 1. The summed E-state index contributed by atoms with van der Waals surface area (Å²) in [6, 6.07) is 0. The second-order valence-corrected chi connectivity index (χ2v) is 3.93. The molecule has 0 aromatic carbocycles. The van der Waals surface area contributed by atoms with Crippen LogP contribution in [0.3, 0.4) is 0 Å². The molecule has 1 fully saturated rings. The van der Waals surface area contributed by atoms with Crippen LogP contribution in [0.25, 0.3) is 0 Å². The van der Waals surface area contributed by atoms with E-state index in [1.54, 1.807) is 0 Å². The van der Waals surface area contributed by atoms with E-state index in [0.29, 0.717) is 19.1 Å². The summed E-state index contributed by atoms with van der Waals surface area (Å²) in [7, 11) is 0. The Hall–Kier alpha value is -0.610. The molecular weight excluding hydrogens is 180 g/mol. The van der Waals surface area contributed by atoms with Crippen LogP contribution < -0.4 is 5.73 Å². The summed E-state index contributed by atoms with van der Waals surface area (Å²) in [5, 5.41) is 0. The molecule has 0 aromatic rings. The van der Waals surface area contributed by atoms with Gasteiger partial charge < -0.3 is 15.4 Å². The van der Waals surface area contributed by atoms with Crippen LogP contribution in [0.5, 0.6) is 0 Å². The van der Waals surface area contributed by atoms with Crippen molar-refractivity contribution in [2.75, 3.05) is 32.8 Å². The molecule has 1 atom stereocenters. The minimum absolute atomic E-state index is 0.102. The fraction of sp³-hybridized carbons (Fsp3) is 0.900. The van der Waals surface area contributed by atoms with E-state index in [4.69, 9.17) is 10.5 Å². The zero-order chi connectivity index (χ0) is 10.4. The van der Waals surface area contributed by atoms with Gasteiger partial charge in [-0.25, -0.2) is 0 Å². The van der Waals surface area contributed by atoms with Crippen LogP contribution in [0.15, 0.2) is 0 Å². The van der Waals surface area contributed by atoms with Crippen molar-refractivity contribution in [3.05, 3.63) is 0 Å². The third kappa shape index (κ3) is 3.64. The van der Waals surface area contributed by atoms with Crippen LogP contribution in [-0.4, -0.2) is 43.7 Å². The first-order valence-corrected chi connectivity index (χ1v) is 5.29. The van der Waals surface area contributed by atoms with Gasteiger partial charge in [0.2, 0.25) is 5.91 Å². The first-order valence-electron chi connectivity index (χ1n) is 5.29. The lowest BCUT2D eigenvalue weighted by Crippen LogP contribution is -2.41. The predicted octanol–water partition coefficient (Wildman–Crippen LogP) is 0.220. The molecular formula is C10H20N2O2. The maximum absolute atomic E-state index is 11.6. The number of nitrogens with zero attached hydrogens (tertiary/aromatic N) is 1. The van der Waals surface area contributed by atoms with Gasteiger partial charge in [0, 0.05) is 19.6 Å². The van der Waals surface area contributed by atoms with Crippen molar-refractivity contribution in [2.24, 2.45) is 11.7 Å². The molecule has 82 valence electrons. The fourth-order valence-corrected chi connectivity index (χ4v) is 1.75. The summed E-state index contributed by atoms with van der Waals surface area (Å²) < 4.78 is 5.12. The maximum atomic E-state index is 11.6. The molecule has 14 heavy (non-hydrogen) atoms. The summed E-state index contributed by atoms with van der Waals surface area (Å²) in [4.78, 5) is 13.5. The van der Waals surface area contributed by atoms with E-state index < -0.39 is 0 Å². The Balaban J connectivity index is 2.22. The number of ether oxygens (including phenoxy) is 1. The van der Waals surface area contributed by atoms with E-state index in [-0.39, 0.29) is 12.5 Å². The monoisotopic (exact) mass is 200 g/mol. The molecule has 1 heterocycles. The first-order chi connectivity index (χ1) is 6.74. The minimum atomic E-state index is 0.102. The quantitative estimate of drug-likeness (QED) is 0.660. The summed E-state index contributed by atoms with van der Waals surface area (Å²) in [6.07, 6.45) is 2.34. The standard InChI is InChI=1S/C10H20N2O2/c1-9-3-2-5-12(7-9)10(13)8-14-6-4-11/h9H,2-8,11H2,1H3. The highest BCUT2D eigenvalue weighted by Crippen LogP contribution is 2.15. The smallest absolute Gasteiger partial charge is 0.248 e. The summed E-state index contributed by atoms with van der Waals surface area (Å²) in [5.74, 6) is 0.729. The van der Waals surface area contributed by atoms with E-state index in [9.17, 15) is 4.79 Å². The van der Waals surface area contributed by atoms with Gasteiger partial charge in [0.1, 0.15) is 6.61 Å². The Morgan fingerprint density at radius 1 is 1.64 bits per heavy atom. The minimum Gasteiger partial charge on any atom is -0.370 e. The second kappa shape index (κ2) is 5.98. The predicted molar refractivity (Wildman–Crippen MR) is 54.9 cm³/mol. The van der Waals surface area contributed by atoms with E-state index >= 15 is 0 Å². The van der Waals surface area contributed by atoms with Crippen molar-refractivity contribution >= 4 is 5.91 Å². The molecule has 0 saturated carbocycles. The van der Waals surface area contributed by atoms with E-state index in [2.05, 4.69) is 6.92 Å². The number of hydrogen-bond acceptors (Lipinski definition) is 3. The Kier molecular flexibility index (Phi) is 4.90. The molecule has 2 N–H and O–H groups in total. The molecule has 0 bridgehead atoms. The number of likely N-dealkylation sites (tertiary alicyclic amines) is 1. The highest BCUT2D eigenvalue weighted by molar-refractivity contribution is 5.77. The molecule has 1 amide bonds. The van der Waals surface area contributed by atoms with Crippen molar-refractivity contribution in [3.63, 3.8) is 0 Å². The van der Waals surface area contributed by atoms with Crippen molar-refractivity contribution in [1.29, 1.82) is 0 Å². The molecule has 1 rings (SSSR count). The third-order valence-corrected chi connectivity index (χ3v) is 2.50. The summed E-state index contributed by atoms with van der Waals surface area (Å²) >= 11 is 0. The molecule has 1 aliphatic rings. The number of piperidine rings is 1. The molecule has 4 heteroatoms. The van der Waals surface area contributed by atoms with Gasteiger partial charge >= 0.3 is 0 Å². The van der Waals surface area contributed by atoms with Gasteiger partial charge in [0.15, 0.2) is 0 Å². The zero-order valence-corrected chi connectivity index (χ0v) is 8.87. The number of amides is 1. The fourth-order valence-electron chi connectivity index (χ4n) is 1.75. The molecule has 1 saturated heterocycles. The molecule has 4 nitrogen and oxygen atoms in total. The van der Waals surface area contributed by atoms with Crippen LogP contribution in [0, 0.1) is 5.92 Å². The number of hydrogen-bond donors (Lipinski definition) is 1. The van der Waals surface area contributed by atoms with Crippen LogP contribution in [0.2, 0.25) is 0 Å². The van der Waals surface area contributed by atoms with Gasteiger partial charge in [-0.1, -0.05) is 6.92 Å². The van der Waals surface area contributed by atoms with Crippen LogP contribution >= 0.6 is 0 Å². The van der Waals surface area contributed by atoms with Crippen molar-refractivity contribution < 1.29 is 9.53 Å². The van der Waals surface area contributed by atoms with Gasteiger partial charge in [-0.2, -0.15) is 0 Å². The summed E-state index contributed by atoms with van der Waals surface area (Å²) in [5.41, 5.74) is 5.27. The normalized spacial score (nSPS) is 22.4. The number of carbonyl (C=O) groups is 1. The SMILES string of the molecule is CC1CCCN(C(=O)COCCN)C1. The highest BCUT2D eigenvalue weighted by Gasteiger charge is 2.20. The van der Waals surface area contributed by atoms with Crippen molar-refractivity contribution in [2.45, 2.75) is 19.8 Å². The van der Waals surface area contributed by atoms with Crippen LogP contribution in [-0.2, 0) is 9.53 Å². The molecule has 0 radical (unpaired) electrons. The first kappa shape index (κ1) is 11.5. The Morgan fingerprint density at radius 3 is 3.07 bits per heavy atom. The largest absolute Gasteiger partial charge is 0.370 e. The zero-order valence-electron chi connectivity index (χ0n) is 8.87. The number of nitrogens with two attached hydrogens (primary N) is 1. The van der Waals surface area contributed by atoms with Gasteiger partial charge in [0.25, 0.3) is 0 Å². The number of rotatable bonds is 4. The van der Waals surface area contributed by atoms with Crippen LogP contribution in [0.1, 0.15) is 19.8 Å². The molecule has 1 aliphatic heterocycles.